The van der Waals surface area contributed by atoms with Crippen LogP contribution in [0.2, 0.25) is 0 Å². The molecule has 1 aromatic heterocycles. The summed E-state index contributed by atoms with van der Waals surface area (Å²) < 4.78 is 45.4. The summed E-state index contributed by atoms with van der Waals surface area (Å²) >= 11 is 0. The second kappa shape index (κ2) is 12.0. The minimum absolute atomic E-state index is 0.0244. The van der Waals surface area contributed by atoms with Gasteiger partial charge in [-0.2, -0.15) is 5.10 Å². The van der Waals surface area contributed by atoms with Gasteiger partial charge in [-0.15, -0.1) is 0 Å². The van der Waals surface area contributed by atoms with Gasteiger partial charge in [-0.25, -0.2) is 18.2 Å². The predicted molar refractivity (Wildman–Crippen MR) is 146 cm³/mol. The molecule has 0 fully saturated rings. The van der Waals surface area contributed by atoms with Gasteiger partial charge < -0.3 is 14.9 Å². The number of anilines is 2. The number of nitrogens with zero attached hydrogens (tertiary/aromatic N) is 2. The maximum absolute atomic E-state index is 13.3. The van der Waals surface area contributed by atoms with Crippen molar-refractivity contribution in [1.29, 1.82) is 0 Å². The van der Waals surface area contributed by atoms with Crippen molar-refractivity contribution >= 4 is 45.6 Å². The van der Waals surface area contributed by atoms with Gasteiger partial charge >= 0.3 is 0 Å². The summed E-state index contributed by atoms with van der Waals surface area (Å²) in [6, 6.07) is 17.2. The number of nitrogens with one attached hydrogen (secondary N) is 3. The van der Waals surface area contributed by atoms with Crippen molar-refractivity contribution in [2.75, 3.05) is 10.0 Å². The molecule has 4 N–H and O–H groups in total. The van der Waals surface area contributed by atoms with E-state index in [0.717, 1.165) is 12.3 Å². The highest BCUT2D eigenvalue weighted by Crippen LogP contribution is 2.19. The Morgan fingerprint density at radius 2 is 1.77 bits per heavy atom. The number of carbonyl (C=O) groups excluding carboxylic acids is 2. The number of sulfonamides is 1. The Balaban J connectivity index is 1.29. The van der Waals surface area contributed by atoms with Crippen LogP contribution in [0.15, 0.2) is 93.4 Å². The molecule has 0 aliphatic carbocycles. The number of hydrazone groups is 1. The number of hydrogen-bond donors (Lipinski definition) is 4. The number of hydrogen-bond acceptors (Lipinski definition) is 8. The molecular formula is C27H22FN5O6S. The van der Waals surface area contributed by atoms with E-state index in [9.17, 15) is 27.5 Å². The minimum atomic E-state index is -3.88. The minimum Gasteiger partial charge on any atom is -0.504 e. The lowest BCUT2D eigenvalue weighted by molar-refractivity contribution is -0.111. The van der Waals surface area contributed by atoms with E-state index in [4.69, 9.17) is 4.52 Å². The van der Waals surface area contributed by atoms with Crippen molar-refractivity contribution in [3.05, 3.63) is 107 Å². The lowest BCUT2D eigenvalue weighted by Gasteiger charge is -2.07. The summed E-state index contributed by atoms with van der Waals surface area (Å²) in [4.78, 5) is 24.5. The average molecular weight is 564 g/mol. The zero-order valence-electron chi connectivity index (χ0n) is 20.8. The van der Waals surface area contributed by atoms with Crippen LogP contribution >= 0.6 is 0 Å². The number of para-hydroxylation sites is 1. The van der Waals surface area contributed by atoms with Crippen LogP contribution in [-0.2, 0) is 14.8 Å². The van der Waals surface area contributed by atoms with E-state index < -0.39 is 33.4 Å². The third kappa shape index (κ3) is 7.17. The second-order valence-corrected chi connectivity index (χ2v) is 9.96. The van der Waals surface area contributed by atoms with Gasteiger partial charge in [-0.1, -0.05) is 23.4 Å². The Bertz CT molecular complexity index is 1700. The number of amides is 2. The first-order chi connectivity index (χ1) is 19.1. The second-order valence-electron chi connectivity index (χ2n) is 8.27. The molecule has 2 amide bonds. The van der Waals surface area contributed by atoms with E-state index in [-0.39, 0.29) is 21.8 Å². The van der Waals surface area contributed by atoms with E-state index >= 15 is 0 Å². The fraction of sp³-hybridized carbons (Fsp3) is 0.0370. The molecule has 0 atom stereocenters. The molecular weight excluding hydrogens is 541 g/mol. The van der Waals surface area contributed by atoms with Crippen molar-refractivity contribution in [3.8, 4) is 5.75 Å². The molecule has 11 nitrogen and oxygen atoms in total. The number of carbonyl (C=O) groups is 2. The van der Waals surface area contributed by atoms with Crippen LogP contribution < -0.4 is 15.5 Å². The lowest BCUT2D eigenvalue weighted by atomic mass is 10.1. The quantitative estimate of drug-likeness (QED) is 0.136. The Kier molecular flexibility index (Phi) is 8.35. The standard InChI is InChI=1S/C27H22FN5O6S/c1-17-15-24(32-39-17)33-40(37,38)22-12-10-21(11-13-22)30-25(34)14-7-18-5-8-19(9-6-18)27(36)31-29-16-20-3-2-4-23(28)26(20)35/h2-16,35H,1H3,(H,30,34)(H,31,36)(H,32,33)/b14-7+,29-16+. The van der Waals surface area contributed by atoms with Crippen LogP contribution in [0, 0.1) is 12.7 Å². The average Bonchev–Trinajstić information content (AvgIpc) is 3.34. The Morgan fingerprint density at radius 1 is 1.05 bits per heavy atom. The van der Waals surface area contributed by atoms with E-state index in [0.29, 0.717) is 17.0 Å². The highest BCUT2D eigenvalue weighted by atomic mass is 32.2. The monoisotopic (exact) mass is 563 g/mol. The number of aromatic hydroxyl groups is 1. The summed E-state index contributed by atoms with van der Waals surface area (Å²) in [6.07, 6.45) is 3.93. The van der Waals surface area contributed by atoms with Crippen LogP contribution in [0.4, 0.5) is 15.9 Å². The Morgan fingerprint density at radius 3 is 2.45 bits per heavy atom. The fourth-order valence-corrected chi connectivity index (χ4v) is 4.27. The number of halogens is 1. The fourth-order valence-electron chi connectivity index (χ4n) is 3.29. The lowest BCUT2D eigenvalue weighted by Crippen LogP contribution is -2.17. The van der Waals surface area contributed by atoms with Crippen molar-refractivity contribution in [2.45, 2.75) is 11.8 Å². The number of aryl methyl sites for hydroxylation is 1. The normalized spacial score (nSPS) is 11.6. The first kappa shape index (κ1) is 27.7. The predicted octanol–water partition coefficient (Wildman–Crippen LogP) is 4.04. The number of aromatic nitrogens is 1. The number of phenols is 1. The number of rotatable bonds is 9. The maximum atomic E-state index is 13.3. The van der Waals surface area contributed by atoms with Crippen molar-refractivity contribution in [2.24, 2.45) is 5.10 Å². The van der Waals surface area contributed by atoms with Crippen molar-refractivity contribution in [1.82, 2.24) is 10.6 Å². The van der Waals surface area contributed by atoms with Crippen LogP contribution in [0.3, 0.4) is 0 Å². The van der Waals surface area contributed by atoms with Crippen molar-refractivity contribution < 1.29 is 32.0 Å². The van der Waals surface area contributed by atoms with Gasteiger partial charge in [0.25, 0.3) is 15.9 Å². The van der Waals surface area contributed by atoms with E-state index in [1.54, 1.807) is 19.1 Å². The van der Waals surface area contributed by atoms with Crippen LogP contribution in [-0.4, -0.2) is 36.7 Å². The van der Waals surface area contributed by atoms with Gasteiger partial charge in [0, 0.05) is 29.0 Å². The zero-order chi connectivity index (χ0) is 28.7. The first-order valence-corrected chi connectivity index (χ1v) is 13.1. The van der Waals surface area contributed by atoms with E-state index in [1.807, 2.05) is 0 Å². The molecule has 0 unspecified atom stereocenters. The molecule has 1 heterocycles. The highest BCUT2D eigenvalue weighted by Gasteiger charge is 2.16. The molecule has 40 heavy (non-hydrogen) atoms. The first-order valence-electron chi connectivity index (χ1n) is 11.6. The maximum Gasteiger partial charge on any atom is 0.271 e. The molecule has 0 saturated heterocycles. The van der Waals surface area contributed by atoms with Crippen LogP contribution in [0.25, 0.3) is 6.08 Å². The smallest absolute Gasteiger partial charge is 0.271 e. The molecule has 4 rings (SSSR count). The SMILES string of the molecule is Cc1cc(NS(=O)(=O)c2ccc(NC(=O)/C=C/c3ccc(C(=O)N/N=C/c4cccc(F)c4O)cc3)cc2)no1. The van der Waals surface area contributed by atoms with Gasteiger partial charge in [0.15, 0.2) is 17.4 Å². The third-order valence-corrected chi connectivity index (χ3v) is 6.66. The number of phenolic OH excluding ortho intramolecular Hbond substituents is 1. The summed E-state index contributed by atoms with van der Waals surface area (Å²) in [5.41, 5.74) is 3.69. The Hall–Kier alpha value is -5.30. The highest BCUT2D eigenvalue weighted by molar-refractivity contribution is 7.92. The molecule has 0 aliphatic heterocycles. The topological polar surface area (TPSA) is 163 Å². The molecule has 0 spiro atoms. The zero-order valence-corrected chi connectivity index (χ0v) is 21.6. The summed E-state index contributed by atoms with van der Waals surface area (Å²) in [6.45, 7) is 1.63. The molecule has 3 aromatic carbocycles. The van der Waals surface area contributed by atoms with Crippen molar-refractivity contribution in [3.63, 3.8) is 0 Å². The molecule has 0 aliphatic rings. The summed E-state index contributed by atoms with van der Waals surface area (Å²) in [7, 11) is -3.88. The molecule has 4 aromatic rings. The van der Waals surface area contributed by atoms with Crippen LogP contribution in [0.5, 0.6) is 5.75 Å². The van der Waals surface area contributed by atoms with Crippen LogP contribution in [0.1, 0.15) is 27.2 Å². The van der Waals surface area contributed by atoms with Gasteiger partial charge in [0.05, 0.1) is 11.1 Å². The molecule has 0 radical (unpaired) electrons. The molecule has 0 saturated carbocycles. The summed E-state index contributed by atoms with van der Waals surface area (Å²) in [5.74, 6) is -1.84. The van der Waals surface area contributed by atoms with Gasteiger partial charge in [0.2, 0.25) is 5.91 Å². The Labute approximate surface area is 228 Å². The molecule has 204 valence electrons. The van der Waals surface area contributed by atoms with Gasteiger partial charge in [-0.05, 0) is 67.1 Å². The molecule has 0 bridgehead atoms. The van der Waals surface area contributed by atoms with Gasteiger partial charge in [-0.3, -0.25) is 14.3 Å². The van der Waals surface area contributed by atoms with E-state index in [1.165, 1.54) is 66.7 Å². The largest absolute Gasteiger partial charge is 0.504 e. The molecule has 13 heteroatoms. The third-order valence-electron chi connectivity index (χ3n) is 5.29. The van der Waals surface area contributed by atoms with E-state index in [2.05, 4.69) is 25.7 Å². The number of benzene rings is 3. The summed E-state index contributed by atoms with van der Waals surface area (Å²) in [5, 5.41) is 19.6. The van der Waals surface area contributed by atoms with Gasteiger partial charge in [0.1, 0.15) is 5.76 Å².